The van der Waals surface area contributed by atoms with E-state index in [4.69, 9.17) is 0 Å². The summed E-state index contributed by atoms with van der Waals surface area (Å²) >= 11 is 1.87. The standard InChI is InChI=1S/C14H20OS/c1-12(15)14(10-6-3-7-11-14)16-13-8-4-2-5-9-13/h2,4-5,8-9,12,15H,3,6-7,10-11H2,1H3. The Balaban J connectivity index is 2.14. The van der Waals surface area contributed by atoms with E-state index in [9.17, 15) is 5.11 Å². The highest BCUT2D eigenvalue weighted by atomic mass is 32.2. The van der Waals surface area contributed by atoms with E-state index in [0.717, 1.165) is 12.8 Å². The molecule has 1 saturated carbocycles. The fraction of sp³-hybridized carbons (Fsp3) is 0.571. The minimum atomic E-state index is -0.224. The van der Waals surface area contributed by atoms with E-state index < -0.39 is 0 Å². The molecule has 16 heavy (non-hydrogen) atoms. The van der Waals surface area contributed by atoms with Gasteiger partial charge in [-0.1, -0.05) is 37.5 Å². The van der Waals surface area contributed by atoms with Crippen LogP contribution in [0.4, 0.5) is 0 Å². The van der Waals surface area contributed by atoms with Crippen LogP contribution in [0.3, 0.4) is 0 Å². The zero-order chi connectivity index (χ0) is 11.4. The highest BCUT2D eigenvalue weighted by Crippen LogP contribution is 2.45. The van der Waals surface area contributed by atoms with E-state index in [1.807, 2.05) is 24.8 Å². The predicted octanol–water partition coefficient (Wildman–Crippen LogP) is 3.86. The summed E-state index contributed by atoms with van der Waals surface area (Å²) in [6.07, 6.45) is 5.89. The molecule has 1 fully saturated rings. The highest BCUT2D eigenvalue weighted by Gasteiger charge is 2.37. The maximum absolute atomic E-state index is 10.1. The van der Waals surface area contributed by atoms with Crippen LogP contribution < -0.4 is 0 Å². The van der Waals surface area contributed by atoms with Crippen LogP contribution in [0.15, 0.2) is 35.2 Å². The quantitative estimate of drug-likeness (QED) is 0.860. The molecule has 1 aromatic rings. The summed E-state index contributed by atoms with van der Waals surface area (Å²) in [6.45, 7) is 1.95. The van der Waals surface area contributed by atoms with Crippen LogP contribution in [0.1, 0.15) is 39.0 Å². The summed E-state index contributed by atoms with van der Waals surface area (Å²) in [5.74, 6) is 0. The lowest BCUT2D eigenvalue weighted by Gasteiger charge is -2.39. The van der Waals surface area contributed by atoms with Crippen molar-refractivity contribution in [1.29, 1.82) is 0 Å². The summed E-state index contributed by atoms with van der Waals surface area (Å²) in [5, 5.41) is 10.1. The van der Waals surface area contributed by atoms with Crippen LogP contribution in [-0.4, -0.2) is 16.0 Å². The Hall–Kier alpha value is -0.470. The molecule has 0 aliphatic heterocycles. The second-order valence-electron chi connectivity index (χ2n) is 4.72. The first kappa shape index (κ1) is 12.0. The summed E-state index contributed by atoms with van der Waals surface area (Å²) < 4.78 is 0.0552. The van der Waals surface area contributed by atoms with E-state index in [2.05, 4.69) is 24.3 Å². The Kier molecular flexibility index (Phi) is 3.93. The van der Waals surface area contributed by atoms with Gasteiger partial charge in [-0.25, -0.2) is 0 Å². The number of hydrogen-bond acceptors (Lipinski definition) is 2. The first-order chi connectivity index (χ1) is 7.73. The molecule has 2 rings (SSSR count). The van der Waals surface area contributed by atoms with Crippen LogP contribution in [-0.2, 0) is 0 Å². The van der Waals surface area contributed by atoms with Gasteiger partial charge in [0.25, 0.3) is 0 Å². The van der Waals surface area contributed by atoms with Gasteiger partial charge in [0.05, 0.1) is 6.10 Å². The smallest absolute Gasteiger partial charge is 0.0662 e. The Labute approximate surface area is 102 Å². The average molecular weight is 236 g/mol. The zero-order valence-corrected chi connectivity index (χ0v) is 10.7. The lowest BCUT2D eigenvalue weighted by atomic mass is 9.85. The second kappa shape index (κ2) is 5.24. The van der Waals surface area contributed by atoms with Crippen LogP contribution in [0, 0.1) is 0 Å². The van der Waals surface area contributed by atoms with Crippen molar-refractivity contribution in [2.75, 3.05) is 0 Å². The van der Waals surface area contributed by atoms with Crippen molar-refractivity contribution in [3.63, 3.8) is 0 Å². The van der Waals surface area contributed by atoms with Gasteiger partial charge in [-0.05, 0) is 31.9 Å². The molecule has 2 heteroatoms. The number of benzene rings is 1. The van der Waals surface area contributed by atoms with Gasteiger partial charge in [0.15, 0.2) is 0 Å². The van der Waals surface area contributed by atoms with Crippen LogP contribution in [0.5, 0.6) is 0 Å². The molecule has 88 valence electrons. The molecular formula is C14H20OS. The number of aliphatic hydroxyl groups is 1. The SMILES string of the molecule is CC(O)C1(Sc2ccccc2)CCCCC1. The van der Waals surface area contributed by atoms with Crippen molar-refractivity contribution in [3.8, 4) is 0 Å². The molecule has 1 aliphatic carbocycles. The molecule has 0 radical (unpaired) electrons. The second-order valence-corrected chi connectivity index (χ2v) is 6.21. The molecule has 1 N–H and O–H groups in total. The highest BCUT2D eigenvalue weighted by molar-refractivity contribution is 8.00. The largest absolute Gasteiger partial charge is 0.392 e. The third-order valence-electron chi connectivity index (χ3n) is 3.53. The van der Waals surface area contributed by atoms with Gasteiger partial charge in [0.2, 0.25) is 0 Å². The number of hydrogen-bond donors (Lipinski definition) is 1. The normalized spacial score (nSPS) is 21.6. The van der Waals surface area contributed by atoms with Crippen LogP contribution in [0.2, 0.25) is 0 Å². The van der Waals surface area contributed by atoms with E-state index in [1.54, 1.807) is 0 Å². The number of rotatable bonds is 3. The van der Waals surface area contributed by atoms with Gasteiger partial charge in [-0.2, -0.15) is 0 Å². The van der Waals surface area contributed by atoms with E-state index in [-0.39, 0.29) is 10.9 Å². The van der Waals surface area contributed by atoms with Crippen LogP contribution >= 0.6 is 11.8 Å². The van der Waals surface area contributed by atoms with Crippen molar-refractivity contribution < 1.29 is 5.11 Å². The van der Waals surface area contributed by atoms with Gasteiger partial charge in [0, 0.05) is 9.64 Å². The first-order valence-corrected chi connectivity index (χ1v) is 6.97. The van der Waals surface area contributed by atoms with E-state index in [0.29, 0.717) is 0 Å². The molecule has 1 atom stereocenters. The Morgan fingerprint density at radius 1 is 1.12 bits per heavy atom. The van der Waals surface area contributed by atoms with Gasteiger partial charge in [-0.15, -0.1) is 11.8 Å². The monoisotopic (exact) mass is 236 g/mol. The maximum atomic E-state index is 10.1. The summed E-state index contributed by atoms with van der Waals surface area (Å²) in [4.78, 5) is 1.28. The van der Waals surface area contributed by atoms with E-state index in [1.165, 1.54) is 24.2 Å². The Morgan fingerprint density at radius 2 is 1.75 bits per heavy atom. The summed E-state index contributed by atoms with van der Waals surface area (Å²) in [5.41, 5.74) is 0. The maximum Gasteiger partial charge on any atom is 0.0662 e. The molecule has 1 aromatic carbocycles. The molecule has 0 amide bonds. The lowest BCUT2D eigenvalue weighted by Crippen LogP contribution is -2.39. The molecule has 0 saturated heterocycles. The molecule has 1 aliphatic rings. The molecule has 1 nitrogen and oxygen atoms in total. The van der Waals surface area contributed by atoms with Crippen molar-refractivity contribution in [2.24, 2.45) is 0 Å². The van der Waals surface area contributed by atoms with E-state index >= 15 is 0 Å². The van der Waals surface area contributed by atoms with Crippen LogP contribution in [0.25, 0.3) is 0 Å². The van der Waals surface area contributed by atoms with Gasteiger partial charge < -0.3 is 5.11 Å². The fourth-order valence-corrected chi connectivity index (χ4v) is 3.90. The third kappa shape index (κ3) is 2.61. The summed E-state index contributed by atoms with van der Waals surface area (Å²) in [6, 6.07) is 10.5. The molecule has 0 aromatic heterocycles. The molecule has 0 spiro atoms. The van der Waals surface area contributed by atoms with Gasteiger partial charge in [0.1, 0.15) is 0 Å². The average Bonchev–Trinajstić information content (AvgIpc) is 2.31. The van der Waals surface area contributed by atoms with Crippen molar-refractivity contribution in [1.82, 2.24) is 0 Å². The topological polar surface area (TPSA) is 20.2 Å². The molecule has 0 bridgehead atoms. The van der Waals surface area contributed by atoms with Gasteiger partial charge >= 0.3 is 0 Å². The van der Waals surface area contributed by atoms with Crippen molar-refractivity contribution in [2.45, 2.75) is 54.8 Å². The minimum absolute atomic E-state index is 0.0552. The molecule has 1 unspecified atom stereocenters. The van der Waals surface area contributed by atoms with Crippen molar-refractivity contribution >= 4 is 11.8 Å². The predicted molar refractivity (Wildman–Crippen MR) is 69.8 cm³/mol. The minimum Gasteiger partial charge on any atom is -0.392 e. The van der Waals surface area contributed by atoms with Gasteiger partial charge in [-0.3, -0.25) is 0 Å². The summed E-state index contributed by atoms with van der Waals surface area (Å²) in [7, 11) is 0. The first-order valence-electron chi connectivity index (χ1n) is 6.15. The Bertz CT molecular complexity index is 315. The molecular weight excluding hydrogens is 216 g/mol. The Morgan fingerprint density at radius 3 is 2.31 bits per heavy atom. The molecule has 0 heterocycles. The number of aliphatic hydroxyl groups excluding tert-OH is 1. The third-order valence-corrected chi connectivity index (χ3v) is 5.19. The fourth-order valence-electron chi connectivity index (χ4n) is 2.48. The lowest BCUT2D eigenvalue weighted by molar-refractivity contribution is 0.123. The number of thioether (sulfide) groups is 1. The van der Waals surface area contributed by atoms with Crippen molar-refractivity contribution in [3.05, 3.63) is 30.3 Å². The zero-order valence-electron chi connectivity index (χ0n) is 9.86.